The van der Waals surface area contributed by atoms with Crippen LogP contribution in [0, 0.1) is 0 Å². The molecule has 6 heteroatoms. The van der Waals surface area contributed by atoms with Gasteiger partial charge in [0.2, 0.25) is 0 Å². The van der Waals surface area contributed by atoms with E-state index in [1.165, 1.54) is 54.1 Å². The van der Waals surface area contributed by atoms with Crippen LogP contribution < -0.4 is 31.8 Å². The van der Waals surface area contributed by atoms with Crippen molar-refractivity contribution in [2.24, 2.45) is 0 Å². The summed E-state index contributed by atoms with van der Waals surface area (Å²) in [6, 6.07) is 58.5. The summed E-state index contributed by atoms with van der Waals surface area (Å²) in [7, 11) is -5.95. The first kappa shape index (κ1) is 40.2. The maximum Gasteiger partial charge on any atom is 0.184 e. The average Bonchev–Trinajstić information content (AvgIpc) is 3.12. The third-order valence-electron chi connectivity index (χ3n) is 9.29. The molecule has 6 aromatic carbocycles. The van der Waals surface area contributed by atoms with E-state index in [4.69, 9.17) is 8.85 Å². The second kappa shape index (κ2) is 16.3. The maximum atomic E-state index is 7.22. The van der Waals surface area contributed by atoms with Crippen molar-refractivity contribution in [2.75, 3.05) is 0 Å². The lowest BCUT2D eigenvalue weighted by Crippen LogP contribution is -2.40. The molecule has 6 rings (SSSR count). The first-order chi connectivity index (χ1) is 25.6. The van der Waals surface area contributed by atoms with Gasteiger partial charge in [0.05, 0.1) is 11.2 Å². The second-order valence-corrected chi connectivity index (χ2v) is 30.1. The van der Waals surface area contributed by atoms with Crippen LogP contribution in [0.2, 0.25) is 39.3 Å². The van der Waals surface area contributed by atoms with E-state index >= 15 is 0 Å². The first-order valence-corrected chi connectivity index (χ1v) is 28.5. The van der Waals surface area contributed by atoms with Gasteiger partial charge in [-0.05, 0) is 137 Å². The SMILES string of the molecule is CC(C)(O[Si](C)(C)C)c1cccc(P(c2ccccc2)c2ccccc2)c1-c1c(P(c2ccccc2)c2ccccc2)cccc1C(C)(C)O[Si](C)(C)C. The zero-order valence-corrected chi connectivity index (χ0v) is 37.5. The summed E-state index contributed by atoms with van der Waals surface area (Å²) in [5, 5.41) is 7.97. The topological polar surface area (TPSA) is 18.5 Å². The summed E-state index contributed by atoms with van der Waals surface area (Å²) in [5.74, 6) is 0. The second-order valence-electron chi connectivity index (χ2n) is 16.9. The Morgan fingerprint density at radius 1 is 0.352 bits per heavy atom. The molecule has 0 spiro atoms. The Bertz CT molecular complexity index is 1910. The molecule has 0 aromatic heterocycles. The largest absolute Gasteiger partial charge is 0.409 e. The van der Waals surface area contributed by atoms with Crippen LogP contribution in [0.25, 0.3) is 11.1 Å². The standard InChI is InChI=1S/C48H56O2P2Si2/c1-47(2,49-53(5,6)7)41-33-23-35-43(51(37-25-15-11-16-26-37)38-27-17-12-18-28-38)45(41)46-42(48(3,4)50-54(8,9)10)34-24-36-44(46)52(39-29-19-13-20-30-39)40-31-21-14-22-32-40/h11-36H,1-10H3. The molecule has 0 amide bonds. The number of rotatable bonds is 13. The Kier molecular flexibility index (Phi) is 12.2. The third-order valence-corrected chi connectivity index (χ3v) is 16.5. The van der Waals surface area contributed by atoms with Crippen LogP contribution in [-0.4, -0.2) is 16.6 Å². The zero-order chi connectivity index (χ0) is 38.7. The van der Waals surface area contributed by atoms with Crippen molar-refractivity contribution >= 4 is 64.3 Å². The van der Waals surface area contributed by atoms with E-state index in [0.717, 1.165) is 0 Å². The van der Waals surface area contributed by atoms with Crippen molar-refractivity contribution in [3.05, 3.63) is 169 Å². The smallest absolute Gasteiger partial charge is 0.184 e. The lowest BCUT2D eigenvalue weighted by atomic mass is 9.84. The molecular weight excluding hydrogens is 727 g/mol. The molecule has 2 nitrogen and oxygen atoms in total. The minimum atomic E-state index is -2.00. The van der Waals surface area contributed by atoms with Crippen molar-refractivity contribution in [1.82, 2.24) is 0 Å². The number of benzene rings is 6. The quantitative estimate of drug-likeness (QED) is 0.0858. The Morgan fingerprint density at radius 2 is 0.611 bits per heavy atom. The first-order valence-electron chi connectivity index (χ1n) is 19.0. The molecule has 54 heavy (non-hydrogen) atoms. The number of hydrogen-bond acceptors (Lipinski definition) is 2. The van der Waals surface area contributed by atoms with Crippen LogP contribution in [-0.2, 0) is 20.1 Å². The predicted octanol–water partition coefficient (Wildman–Crippen LogP) is 11.0. The Morgan fingerprint density at radius 3 is 0.852 bits per heavy atom. The fraction of sp³-hybridized carbons (Fsp3) is 0.250. The third kappa shape index (κ3) is 9.31. The van der Waals surface area contributed by atoms with Gasteiger partial charge in [0, 0.05) is 0 Å². The molecule has 0 saturated carbocycles. The summed E-state index contributed by atoms with van der Waals surface area (Å²) in [4.78, 5) is 0. The monoisotopic (exact) mass is 782 g/mol. The Balaban J connectivity index is 1.83. The van der Waals surface area contributed by atoms with Crippen molar-refractivity contribution < 1.29 is 8.85 Å². The van der Waals surface area contributed by atoms with E-state index in [0.29, 0.717) is 0 Å². The minimum Gasteiger partial charge on any atom is -0.409 e. The van der Waals surface area contributed by atoms with E-state index in [1.807, 2.05) is 0 Å². The summed E-state index contributed by atoms with van der Waals surface area (Å²) >= 11 is 0. The fourth-order valence-electron chi connectivity index (χ4n) is 7.79. The van der Waals surface area contributed by atoms with Crippen LogP contribution in [0.4, 0.5) is 0 Å². The fourth-order valence-corrected chi connectivity index (χ4v) is 16.0. The van der Waals surface area contributed by atoms with Gasteiger partial charge < -0.3 is 8.85 Å². The molecular formula is C48H56O2P2Si2. The van der Waals surface area contributed by atoms with E-state index in [-0.39, 0.29) is 0 Å². The molecule has 0 N–H and O–H groups in total. The van der Waals surface area contributed by atoms with E-state index in [9.17, 15) is 0 Å². The highest BCUT2D eigenvalue weighted by atomic mass is 31.1. The molecule has 0 saturated heterocycles. The molecule has 0 radical (unpaired) electrons. The van der Waals surface area contributed by atoms with Crippen LogP contribution in [0.15, 0.2) is 158 Å². The maximum absolute atomic E-state index is 7.22. The van der Waals surface area contributed by atoms with Gasteiger partial charge >= 0.3 is 0 Å². The van der Waals surface area contributed by atoms with Crippen molar-refractivity contribution in [1.29, 1.82) is 0 Å². The van der Waals surface area contributed by atoms with Gasteiger partial charge in [-0.15, -0.1) is 0 Å². The van der Waals surface area contributed by atoms with E-state index in [2.05, 4.69) is 225 Å². The van der Waals surface area contributed by atoms with Crippen LogP contribution in [0.5, 0.6) is 0 Å². The summed E-state index contributed by atoms with van der Waals surface area (Å²) in [6.07, 6.45) is 0. The minimum absolute atomic E-state index is 0.569. The normalized spacial score (nSPS) is 12.7. The molecule has 0 fully saturated rings. The van der Waals surface area contributed by atoms with Crippen LogP contribution >= 0.6 is 15.8 Å². The van der Waals surface area contributed by atoms with Crippen molar-refractivity contribution in [3.63, 3.8) is 0 Å². The molecule has 0 aliphatic carbocycles. The average molecular weight is 783 g/mol. The molecule has 0 bridgehead atoms. The molecule has 278 valence electrons. The number of hydrogen-bond donors (Lipinski definition) is 0. The molecule has 0 unspecified atom stereocenters. The Labute approximate surface area is 329 Å². The van der Waals surface area contributed by atoms with E-state index < -0.39 is 43.7 Å². The van der Waals surface area contributed by atoms with Gasteiger partial charge in [-0.25, -0.2) is 0 Å². The Hall–Kier alpha value is -3.47. The highest BCUT2D eigenvalue weighted by molar-refractivity contribution is 7.80. The van der Waals surface area contributed by atoms with Gasteiger partial charge in [0.25, 0.3) is 0 Å². The molecule has 0 atom stereocenters. The van der Waals surface area contributed by atoms with Crippen LogP contribution in [0.1, 0.15) is 38.8 Å². The summed E-state index contributed by atoms with van der Waals surface area (Å²) in [6.45, 7) is 22.9. The molecule has 0 aliphatic rings. The van der Waals surface area contributed by atoms with Gasteiger partial charge in [-0.1, -0.05) is 158 Å². The van der Waals surface area contributed by atoms with E-state index in [1.54, 1.807) is 0 Å². The molecule has 0 heterocycles. The summed E-state index contributed by atoms with van der Waals surface area (Å²) < 4.78 is 14.4. The van der Waals surface area contributed by atoms with Crippen molar-refractivity contribution in [2.45, 2.75) is 78.2 Å². The lowest BCUT2D eigenvalue weighted by molar-refractivity contribution is 0.0982. The lowest BCUT2D eigenvalue weighted by Gasteiger charge is -2.40. The zero-order valence-electron chi connectivity index (χ0n) is 33.7. The van der Waals surface area contributed by atoms with Gasteiger partial charge in [0.15, 0.2) is 16.6 Å². The molecule has 0 aliphatic heterocycles. The molecule has 6 aromatic rings. The summed E-state index contributed by atoms with van der Waals surface area (Å²) in [5.41, 5.74) is 3.85. The van der Waals surface area contributed by atoms with Gasteiger partial charge in [0.1, 0.15) is 0 Å². The predicted molar refractivity (Wildman–Crippen MR) is 244 cm³/mol. The van der Waals surface area contributed by atoms with Crippen LogP contribution in [0.3, 0.4) is 0 Å². The highest BCUT2D eigenvalue weighted by Crippen LogP contribution is 2.48. The van der Waals surface area contributed by atoms with Crippen molar-refractivity contribution in [3.8, 4) is 11.1 Å². The van der Waals surface area contributed by atoms with Gasteiger partial charge in [-0.3, -0.25) is 0 Å². The highest BCUT2D eigenvalue weighted by Gasteiger charge is 2.39. The van der Waals surface area contributed by atoms with Gasteiger partial charge in [-0.2, -0.15) is 0 Å².